The second kappa shape index (κ2) is 9.72. The summed E-state index contributed by atoms with van der Waals surface area (Å²) in [6.45, 7) is 2.14. The van der Waals surface area contributed by atoms with Crippen molar-refractivity contribution in [3.63, 3.8) is 0 Å². The summed E-state index contributed by atoms with van der Waals surface area (Å²) in [5, 5.41) is 11.6. The number of ether oxygens (including phenoxy) is 1. The molecule has 1 N–H and O–H groups in total. The highest BCUT2D eigenvalue weighted by molar-refractivity contribution is 5.90. The lowest BCUT2D eigenvalue weighted by Crippen LogP contribution is -2.48. The highest BCUT2D eigenvalue weighted by Crippen LogP contribution is 2.62. The fraction of sp³-hybridized carbons (Fsp3) is 0.306. The Morgan fingerprint density at radius 2 is 1.38 bits per heavy atom. The van der Waals surface area contributed by atoms with E-state index in [4.69, 9.17) is 9.73 Å². The molecule has 0 aromatic heterocycles. The number of para-hydroxylation sites is 3. The number of nitrogens with zero attached hydrogens (tertiary/aromatic N) is 1. The van der Waals surface area contributed by atoms with Crippen molar-refractivity contribution in [2.24, 2.45) is 22.7 Å². The third-order valence-electron chi connectivity index (χ3n) is 9.29. The van der Waals surface area contributed by atoms with Crippen molar-refractivity contribution < 1.29 is 9.84 Å². The van der Waals surface area contributed by atoms with Gasteiger partial charge in [-0.1, -0.05) is 60.7 Å². The van der Waals surface area contributed by atoms with Crippen LogP contribution in [-0.2, 0) is 5.41 Å². The average Bonchev–Trinajstić information content (AvgIpc) is 2.94. The number of aryl methyl sites for hydroxylation is 1. The summed E-state index contributed by atoms with van der Waals surface area (Å²) >= 11 is 0. The van der Waals surface area contributed by atoms with Gasteiger partial charge in [-0.05, 0) is 105 Å². The molecule has 0 heterocycles. The summed E-state index contributed by atoms with van der Waals surface area (Å²) in [4.78, 5) is 4.95. The SMILES string of the molecule is Cc1cc(C=Nc2ccccc2-c2ccccc2Oc2ccccc2)c(O)c(C23CC4CC(CC(C4)C2)C3)c1. The molecule has 4 fully saturated rings. The van der Waals surface area contributed by atoms with E-state index >= 15 is 0 Å². The molecule has 3 heteroatoms. The third kappa shape index (κ3) is 4.54. The van der Waals surface area contributed by atoms with Gasteiger partial charge in [-0.3, -0.25) is 4.99 Å². The number of aromatic hydroxyl groups is 1. The number of aliphatic imine (C=N–C) groups is 1. The van der Waals surface area contributed by atoms with E-state index in [-0.39, 0.29) is 5.41 Å². The summed E-state index contributed by atoms with van der Waals surface area (Å²) in [5.74, 6) is 4.51. The van der Waals surface area contributed by atoms with Crippen LogP contribution in [0.3, 0.4) is 0 Å². The Balaban J connectivity index is 1.24. The second-order valence-electron chi connectivity index (χ2n) is 12.1. The Hall–Kier alpha value is -3.85. The molecule has 3 nitrogen and oxygen atoms in total. The van der Waals surface area contributed by atoms with Crippen LogP contribution in [0.1, 0.15) is 55.2 Å². The van der Waals surface area contributed by atoms with E-state index in [1.54, 1.807) is 0 Å². The minimum absolute atomic E-state index is 0.138. The molecule has 4 saturated carbocycles. The maximum Gasteiger partial charge on any atom is 0.135 e. The van der Waals surface area contributed by atoms with Crippen molar-refractivity contribution in [2.45, 2.75) is 50.9 Å². The number of hydrogen-bond donors (Lipinski definition) is 1. The molecule has 4 bridgehead atoms. The largest absolute Gasteiger partial charge is 0.507 e. The molecule has 4 aliphatic rings. The highest BCUT2D eigenvalue weighted by atomic mass is 16.5. The summed E-state index contributed by atoms with van der Waals surface area (Å²) < 4.78 is 6.26. The van der Waals surface area contributed by atoms with Gasteiger partial charge < -0.3 is 9.84 Å². The fourth-order valence-electron chi connectivity index (χ4n) is 8.10. The predicted molar refractivity (Wildman–Crippen MR) is 158 cm³/mol. The van der Waals surface area contributed by atoms with Gasteiger partial charge in [-0.25, -0.2) is 0 Å². The van der Waals surface area contributed by atoms with Gasteiger partial charge in [0.1, 0.15) is 17.2 Å². The maximum atomic E-state index is 11.6. The number of hydrogen-bond acceptors (Lipinski definition) is 3. The molecule has 0 saturated heterocycles. The van der Waals surface area contributed by atoms with E-state index in [1.807, 2.05) is 72.9 Å². The van der Waals surface area contributed by atoms with Gasteiger partial charge in [0.2, 0.25) is 0 Å². The van der Waals surface area contributed by atoms with Crippen LogP contribution in [0.2, 0.25) is 0 Å². The first-order valence-electron chi connectivity index (χ1n) is 14.4. The van der Waals surface area contributed by atoms with Crippen LogP contribution in [0, 0.1) is 24.7 Å². The van der Waals surface area contributed by atoms with Crippen molar-refractivity contribution in [1.29, 1.82) is 0 Å². The van der Waals surface area contributed by atoms with Crippen molar-refractivity contribution in [3.8, 4) is 28.4 Å². The van der Waals surface area contributed by atoms with Crippen LogP contribution in [0.5, 0.6) is 17.2 Å². The van der Waals surface area contributed by atoms with E-state index in [0.717, 1.165) is 57.2 Å². The summed E-state index contributed by atoms with van der Waals surface area (Å²) in [6, 6.07) is 30.4. The Labute approximate surface area is 231 Å². The van der Waals surface area contributed by atoms with Gasteiger partial charge in [0.05, 0.1) is 5.69 Å². The molecule has 0 radical (unpaired) electrons. The van der Waals surface area contributed by atoms with Gasteiger partial charge in [-0.15, -0.1) is 0 Å². The molecule has 8 rings (SSSR count). The monoisotopic (exact) mass is 513 g/mol. The molecule has 196 valence electrons. The number of rotatable bonds is 6. The van der Waals surface area contributed by atoms with Crippen LogP contribution < -0.4 is 4.74 Å². The molecule has 0 atom stereocenters. The highest BCUT2D eigenvalue weighted by Gasteiger charge is 2.52. The van der Waals surface area contributed by atoms with E-state index in [2.05, 4.69) is 31.2 Å². The van der Waals surface area contributed by atoms with E-state index in [0.29, 0.717) is 5.75 Å². The Kier molecular flexibility index (Phi) is 6.03. The molecule has 4 aromatic rings. The van der Waals surface area contributed by atoms with Crippen LogP contribution in [0.25, 0.3) is 11.1 Å². The molecule has 0 amide bonds. The van der Waals surface area contributed by atoms with E-state index in [1.165, 1.54) is 44.1 Å². The fourth-order valence-corrected chi connectivity index (χ4v) is 8.10. The quantitative estimate of drug-likeness (QED) is 0.261. The Morgan fingerprint density at radius 3 is 2.10 bits per heavy atom. The molecule has 0 unspecified atom stereocenters. The predicted octanol–water partition coefficient (Wildman–Crippen LogP) is 9.38. The summed E-state index contributed by atoms with van der Waals surface area (Å²) in [7, 11) is 0. The third-order valence-corrected chi connectivity index (χ3v) is 9.29. The van der Waals surface area contributed by atoms with Crippen molar-refractivity contribution in [3.05, 3.63) is 108 Å². The van der Waals surface area contributed by atoms with Gasteiger partial charge in [-0.2, -0.15) is 0 Å². The Bertz CT molecular complexity index is 1500. The first-order valence-corrected chi connectivity index (χ1v) is 14.4. The van der Waals surface area contributed by atoms with Crippen molar-refractivity contribution >= 4 is 11.9 Å². The van der Waals surface area contributed by atoms with Gasteiger partial charge >= 0.3 is 0 Å². The lowest BCUT2D eigenvalue weighted by Gasteiger charge is -2.57. The first-order chi connectivity index (χ1) is 19.1. The zero-order valence-corrected chi connectivity index (χ0v) is 22.5. The topological polar surface area (TPSA) is 41.8 Å². The van der Waals surface area contributed by atoms with Gasteiger partial charge in [0, 0.05) is 28.5 Å². The van der Waals surface area contributed by atoms with Crippen LogP contribution in [0.4, 0.5) is 5.69 Å². The molecule has 4 aromatic carbocycles. The molecule has 0 aliphatic heterocycles. The molecule has 4 aliphatic carbocycles. The van der Waals surface area contributed by atoms with E-state index in [9.17, 15) is 5.11 Å². The average molecular weight is 514 g/mol. The van der Waals surface area contributed by atoms with Crippen molar-refractivity contribution in [1.82, 2.24) is 0 Å². The normalized spacial score (nSPS) is 25.3. The standard InChI is InChI=1S/C36H35NO2/c1-24-15-28(35(38)32(16-24)36-20-25-17-26(21-36)19-27(18-25)22-36)23-37-33-13-7-5-11-30(33)31-12-6-8-14-34(31)39-29-9-3-2-4-10-29/h2-16,23,25-27,38H,17-22H2,1H3. The lowest BCUT2D eigenvalue weighted by atomic mass is 9.48. The molecule has 0 spiro atoms. The minimum Gasteiger partial charge on any atom is -0.507 e. The number of phenolic OH excluding ortho intramolecular Hbond substituents is 1. The zero-order valence-electron chi connectivity index (χ0n) is 22.5. The number of benzene rings is 4. The summed E-state index contributed by atoms with van der Waals surface area (Å²) in [5.41, 5.74) is 6.13. The zero-order chi connectivity index (χ0) is 26.4. The molecule has 39 heavy (non-hydrogen) atoms. The second-order valence-corrected chi connectivity index (χ2v) is 12.1. The van der Waals surface area contributed by atoms with Crippen LogP contribution in [0.15, 0.2) is 96.0 Å². The van der Waals surface area contributed by atoms with Crippen LogP contribution >= 0.6 is 0 Å². The first kappa shape index (κ1) is 24.2. The Morgan fingerprint density at radius 1 is 0.769 bits per heavy atom. The van der Waals surface area contributed by atoms with Gasteiger partial charge in [0.25, 0.3) is 0 Å². The molecular weight excluding hydrogens is 478 g/mol. The summed E-state index contributed by atoms with van der Waals surface area (Å²) in [6.07, 6.45) is 9.73. The number of phenols is 1. The van der Waals surface area contributed by atoms with Crippen molar-refractivity contribution in [2.75, 3.05) is 0 Å². The smallest absolute Gasteiger partial charge is 0.135 e. The molecular formula is C36H35NO2. The van der Waals surface area contributed by atoms with Crippen LogP contribution in [-0.4, -0.2) is 11.3 Å². The lowest BCUT2D eigenvalue weighted by molar-refractivity contribution is -0.00616. The minimum atomic E-state index is 0.138. The van der Waals surface area contributed by atoms with Gasteiger partial charge in [0.15, 0.2) is 0 Å². The van der Waals surface area contributed by atoms with E-state index < -0.39 is 0 Å². The maximum absolute atomic E-state index is 11.6.